The molecule has 0 radical (unpaired) electrons. The Morgan fingerprint density at radius 1 is 1.53 bits per heavy atom. The summed E-state index contributed by atoms with van der Waals surface area (Å²) in [6.07, 6.45) is 5.63. The molecule has 0 saturated carbocycles. The lowest BCUT2D eigenvalue weighted by atomic mass is 9.64. The van der Waals surface area contributed by atoms with E-state index >= 15 is 0 Å². The molecule has 0 spiro atoms. The molecule has 0 aromatic carbocycles. The van der Waals surface area contributed by atoms with Gasteiger partial charge in [0.15, 0.2) is 0 Å². The van der Waals surface area contributed by atoms with Gasteiger partial charge in [0, 0.05) is 5.41 Å². The Bertz CT molecular complexity index is 457. The zero-order valence-corrected chi connectivity index (χ0v) is 11.8. The summed E-state index contributed by atoms with van der Waals surface area (Å²) in [5, 5.41) is 31.0. The lowest BCUT2D eigenvalue weighted by Crippen LogP contribution is -2.48. The van der Waals surface area contributed by atoms with E-state index in [4.69, 9.17) is 0 Å². The predicted molar refractivity (Wildman–Crippen MR) is 71.0 cm³/mol. The molecule has 19 heavy (non-hydrogen) atoms. The first-order valence-electron chi connectivity index (χ1n) is 6.26. The highest BCUT2D eigenvalue weighted by atomic mass is 16.4. The van der Waals surface area contributed by atoms with Gasteiger partial charge in [0.25, 0.3) is 0 Å². The Morgan fingerprint density at radius 2 is 2.11 bits per heavy atom. The van der Waals surface area contributed by atoms with Gasteiger partial charge in [0.05, 0.1) is 12.1 Å². The van der Waals surface area contributed by atoms with Crippen molar-refractivity contribution in [1.82, 2.24) is 0 Å². The monoisotopic (exact) mass is 265 g/mol. The number of aliphatic hydroxyl groups excluding tert-OH is 1. The van der Waals surface area contributed by atoms with Gasteiger partial charge in [-0.05, 0) is 43.6 Å². The molecule has 0 amide bonds. The van der Waals surface area contributed by atoms with E-state index in [0.717, 1.165) is 6.08 Å². The second-order valence-corrected chi connectivity index (χ2v) is 5.81. The van der Waals surface area contributed by atoms with Gasteiger partial charge in [-0.2, -0.15) is 0 Å². The number of carbonyl (C=O) groups is 1. The molecule has 1 aliphatic carbocycles. The zero-order valence-electron chi connectivity index (χ0n) is 11.8. The maximum atomic E-state index is 10.8. The second kappa shape index (κ2) is 5.31. The number of hydrogen-bond acceptors (Lipinski definition) is 4. The average molecular weight is 265 g/mol. The van der Waals surface area contributed by atoms with E-state index in [0.29, 0.717) is 17.6 Å². The van der Waals surface area contributed by atoms with E-state index in [1.807, 2.05) is 13.8 Å². The van der Waals surface area contributed by atoms with Crippen LogP contribution in [0.15, 0.2) is 35.5 Å². The first kappa shape index (κ1) is 15.7. The smallest absolute Gasteiger partial charge is 0.109 e. The summed E-state index contributed by atoms with van der Waals surface area (Å²) in [5.74, 6) is -1.26. The van der Waals surface area contributed by atoms with Crippen molar-refractivity contribution in [1.29, 1.82) is 0 Å². The highest BCUT2D eigenvalue weighted by molar-refractivity contribution is 5.79. The molecule has 4 heteroatoms. The van der Waals surface area contributed by atoms with Crippen molar-refractivity contribution in [3.05, 3.63) is 35.5 Å². The number of aliphatic hydroxyl groups is 2. The van der Waals surface area contributed by atoms with Crippen LogP contribution in [0.2, 0.25) is 0 Å². The normalized spacial score (nSPS) is 31.4. The summed E-state index contributed by atoms with van der Waals surface area (Å²) in [6.45, 7) is 7.12. The van der Waals surface area contributed by atoms with Gasteiger partial charge in [-0.25, -0.2) is 0 Å². The minimum absolute atomic E-state index is 0.439. The number of rotatable bonds is 3. The van der Waals surface area contributed by atoms with E-state index in [-0.39, 0.29) is 0 Å². The Hall–Kier alpha value is -1.39. The van der Waals surface area contributed by atoms with Gasteiger partial charge < -0.3 is 20.1 Å². The largest absolute Gasteiger partial charge is 0.545 e. The van der Waals surface area contributed by atoms with E-state index < -0.39 is 23.1 Å². The number of carbonyl (C=O) groups excluding carboxylic acids is 1. The molecule has 0 aromatic heterocycles. The standard InChI is InChI=1S/C15H22O4/c1-10(7-13(17)18)5-6-15(19)11(2)8-12(16)9-14(15,3)4/h5-8,12,16,19H,9H2,1-4H3,(H,17,18)/p-1/b6-5+,10-7-/t12-,15-/m1/s1. The van der Waals surface area contributed by atoms with Crippen molar-refractivity contribution in [3.63, 3.8) is 0 Å². The van der Waals surface area contributed by atoms with Crippen LogP contribution in [0.4, 0.5) is 0 Å². The van der Waals surface area contributed by atoms with Gasteiger partial charge in [0.2, 0.25) is 0 Å². The van der Waals surface area contributed by atoms with E-state index in [2.05, 4.69) is 0 Å². The van der Waals surface area contributed by atoms with Crippen LogP contribution in [0.3, 0.4) is 0 Å². The van der Waals surface area contributed by atoms with Crippen molar-refractivity contribution in [2.75, 3.05) is 0 Å². The minimum Gasteiger partial charge on any atom is -0.545 e. The first-order chi connectivity index (χ1) is 8.58. The second-order valence-electron chi connectivity index (χ2n) is 5.81. The van der Waals surface area contributed by atoms with E-state index in [1.54, 1.807) is 32.1 Å². The van der Waals surface area contributed by atoms with E-state index in [9.17, 15) is 20.1 Å². The van der Waals surface area contributed by atoms with Crippen LogP contribution in [-0.2, 0) is 4.79 Å². The Balaban J connectivity index is 3.12. The lowest BCUT2D eigenvalue weighted by Gasteiger charge is -2.46. The van der Waals surface area contributed by atoms with E-state index in [1.165, 1.54) is 0 Å². The fraction of sp³-hybridized carbons (Fsp3) is 0.533. The van der Waals surface area contributed by atoms with Gasteiger partial charge in [0.1, 0.15) is 5.60 Å². The SMILES string of the molecule is CC1=C[C@@H](O)CC(C)(C)[C@@]1(O)/C=C/C(C)=C\C(=O)[O-]. The summed E-state index contributed by atoms with van der Waals surface area (Å²) in [7, 11) is 0. The van der Waals surface area contributed by atoms with Crippen LogP contribution in [-0.4, -0.2) is 27.9 Å². The van der Waals surface area contributed by atoms with Crippen molar-refractivity contribution in [3.8, 4) is 0 Å². The fourth-order valence-electron chi connectivity index (χ4n) is 2.53. The van der Waals surface area contributed by atoms with Crippen LogP contribution in [0.25, 0.3) is 0 Å². The number of allylic oxidation sites excluding steroid dienone is 2. The molecule has 1 rings (SSSR count). The molecule has 0 bridgehead atoms. The van der Waals surface area contributed by atoms with Crippen LogP contribution >= 0.6 is 0 Å². The van der Waals surface area contributed by atoms with Crippen LogP contribution < -0.4 is 5.11 Å². The van der Waals surface area contributed by atoms with Crippen LogP contribution in [0, 0.1) is 5.41 Å². The third-order valence-corrected chi connectivity index (χ3v) is 3.73. The highest BCUT2D eigenvalue weighted by Crippen LogP contribution is 2.45. The van der Waals surface area contributed by atoms with Crippen LogP contribution in [0.1, 0.15) is 34.1 Å². The summed E-state index contributed by atoms with van der Waals surface area (Å²) in [4.78, 5) is 10.4. The van der Waals surface area contributed by atoms with Gasteiger partial charge in [-0.1, -0.05) is 26.0 Å². The van der Waals surface area contributed by atoms with Crippen LogP contribution in [0.5, 0.6) is 0 Å². The summed E-state index contributed by atoms with van der Waals surface area (Å²) in [5.41, 5.74) is -0.589. The molecule has 0 fully saturated rings. The highest BCUT2D eigenvalue weighted by Gasteiger charge is 2.46. The molecule has 2 atom stereocenters. The third-order valence-electron chi connectivity index (χ3n) is 3.73. The average Bonchev–Trinajstić information content (AvgIpc) is 2.21. The maximum Gasteiger partial charge on any atom is 0.109 e. The molecule has 4 nitrogen and oxygen atoms in total. The molecule has 106 valence electrons. The molecule has 0 aromatic rings. The van der Waals surface area contributed by atoms with Gasteiger partial charge in [-0.3, -0.25) is 0 Å². The van der Waals surface area contributed by atoms with Crippen molar-refractivity contribution in [2.45, 2.75) is 45.8 Å². The first-order valence-corrected chi connectivity index (χ1v) is 6.26. The Labute approximate surface area is 113 Å². The number of carboxylic acid groups (broad SMARTS) is 1. The minimum atomic E-state index is -1.26. The quantitative estimate of drug-likeness (QED) is 0.447. The number of aliphatic carboxylic acids is 1. The lowest BCUT2D eigenvalue weighted by molar-refractivity contribution is -0.297. The molecule has 2 N–H and O–H groups in total. The Morgan fingerprint density at radius 3 is 2.58 bits per heavy atom. The number of carboxylic acids is 1. The summed E-state index contributed by atoms with van der Waals surface area (Å²) >= 11 is 0. The van der Waals surface area contributed by atoms with Crippen molar-refractivity contribution in [2.24, 2.45) is 5.41 Å². The molecule has 0 heterocycles. The third kappa shape index (κ3) is 3.33. The fourth-order valence-corrected chi connectivity index (χ4v) is 2.53. The van der Waals surface area contributed by atoms with Crippen molar-refractivity contribution < 1.29 is 20.1 Å². The summed E-state index contributed by atoms with van der Waals surface area (Å²) in [6, 6.07) is 0. The maximum absolute atomic E-state index is 10.8. The topological polar surface area (TPSA) is 80.6 Å². The summed E-state index contributed by atoms with van der Waals surface area (Å²) < 4.78 is 0. The van der Waals surface area contributed by atoms with Crippen molar-refractivity contribution >= 4 is 5.97 Å². The molecular formula is C15H21O4-. The Kier molecular flexibility index (Phi) is 4.38. The molecule has 0 saturated heterocycles. The van der Waals surface area contributed by atoms with Gasteiger partial charge >= 0.3 is 0 Å². The predicted octanol–water partition coefficient (Wildman–Crippen LogP) is 0.707. The number of hydrogen-bond donors (Lipinski definition) is 2. The molecule has 0 aliphatic heterocycles. The zero-order chi connectivity index (χ0) is 14.8. The molecule has 0 unspecified atom stereocenters. The molecule has 1 aliphatic rings. The van der Waals surface area contributed by atoms with Gasteiger partial charge in [-0.15, -0.1) is 0 Å². The molecular weight excluding hydrogens is 244 g/mol.